The summed E-state index contributed by atoms with van der Waals surface area (Å²) < 4.78 is 13.4. The predicted molar refractivity (Wildman–Crippen MR) is 148 cm³/mol. The molecule has 0 bridgehead atoms. The first-order valence-corrected chi connectivity index (χ1v) is 13.2. The molecule has 0 aliphatic carbocycles. The van der Waals surface area contributed by atoms with Crippen LogP contribution in [0.3, 0.4) is 0 Å². The van der Waals surface area contributed by atoms with Gasteiger partial charge in [0.15, 0.2) is 0 Å². The lowest BCUT2D eigenvalue weighted by Gasteiger charge is -2.11. The predicted octanol–water partition coefficient (Wildman–Crippen LogP) is 5.98. The highest BCUT2D eigenvalue weighted by Crippen LogP contribution is 2.20. The van der Waals surface area contributed by atoms with E-state index in [0.29, 0.717) is 13.0 Å². The Balaban J connectivity index is 1.18. The van der Waals surface area contributed by atoms with Crippen LogP contribution in [0, 0.1) is 0 Å². The molecule has 3 aromatic carbocycles. The van der Waals surface area contributed by atoms with Gasteiger partial charge in [-0.15, -0.1) is 0 Å². The molecule has 1 N–H and O–H groups in total. The number of methoxy groups -OCH3 is 1. The molecule has 0 atom stereocenters. The molecule has 0 saturated heterocycles. The van der Waals surface area contributed by atoms with E-state index in [9.17, 15) is 4.79 Å². The van der Waals surface area contributed by atoms with E-state index in [1.807, 2.05) is 60.7 Å². The summed E-state index contributed by atoms with van der Waals surface area (Å²) in [6.07, 6.45) is 6.47. The van der Waals surface area contributed by atoms with Gasteiger partial charge in [0.25, 0.3) is 0 Å². The highest BCUT2D eigenvalue weighted by atomic mass is 16.5. The maximum atomic E-state index is 12.1. The molecule has 6 heteroatoms. The molecule has 0 aliphatic heterocycles. The van der Waals surface area contributed by atoms with Gasteiger partial charge < -0.3 is 19.4 Å². The monoisotopic (exact) mass is 499 g/mol. The molecule has 194 valence electrons. The fourth-order valence-corrected chi connectivity index (χ4v) is 4.46. The van der Waals surface area contributed by atoms with E-state index >= 15 is 0 Å². The highest BCUT2D eigenvalue weighted by Gasteiger charge is 2.10. The first-order valence-electron chi connectivity index (χ1n) is 13.2. The van der Waals surface area contributed by atoms with Crippen LogP contribution in [0.1, 0.15) is 43.5 Å². The number of benzene rings is 3. The molecular weight excluding hydrogens is 462 g/mol. The molecule has 1 heterocycles. The van der Waals surface area contributed by atoms with Crippen molar-refractivity contribution in [2.75, 3.05) is 20.3 Å². The van der Waals surface area contributed by atoms with Crippen LogP contribution in [0.15, 0.2) is 78.9 Å². The largest absolute Gasteiger partial charge is 0.497 e. The first-order chi connectivity index (χ1) is 18.2. The van der Waals surface area contributed by atoms with Gasteiger partial charge in [-0.3, -0.25) is 4.79 Å². The second kappa shape index (κ2) is 14.1. The van der Waals surface area contributed by atoms with E-state index in [0.717, 1.165) is 80.0 Å². The summed E-state index contributed by atoms with van der Waals surface area (Å²) in [7, 11) is 1.66. The lowest BCUT2D eigenvalue weighted by Crippen LogP contribution is -2.26. The average Bonchev–Trinajstić information content (AvgIpc) is 3.28. The lowest BCUT2D eigenvalue weighted by atomic mass is 10.1. The number of fused-ring (bicyclic) bond motifs is 1. The van der Waals surface area contributed by atoms with Crippen LogP contribution in [0.25, 0.3) is 11.0 Å². The van der Waals surface area contributed by atoms with Crippen molar-refractivity contribution in [3.8, 4) is 11.5 Å². The van der Waals surface area contributed by atoms with Crippen molar-refractivity contribution < 1.29 is 14.3 Å². The number of aromatic nitrogens is 2. The van der Waals surface area contributed by atoms with E-state index in [1.165, 1.54) is 5.52 Å². The number of nitrogens with one attached hydrogen (secondary N) is 1. The van der Waals surface area contributed by atoms with Gasteiger partial charge in [0.2, 0.25) is 5.91 Å². The van der Waals surface area contributed by atoms with Gasteiger partial charge in [-0.25, -0.2) is 4.98 Å². The van der Waals surface area contributed by atoms with Crippen molar-refractivity contribution in [3.05, 3.63) is 90.3 Å². The summed E-state index contributed by atoms with van der Waals surface area (Å²) in [6.45, 7) is 2.33. The number of ether oxygens (including phenoxy) is 2. The lowest BCUT2D eigenvalue weighted by molar-refractivity contribution is -0.120. The number of aryl methyl sites for hydroxylation is 2. The zero-order valence-corrected chi connectivity index (χ0v) is 21.7. The third-order valence-corrected chi connectivity index (χ3v) is 6.44. The maximum Gasteiger partial charge on any atom is 0.224 e. The number of para-hydroxylation sites is 2. The molecular formula is C31H37N3O3. The number of rotatable bonds is 15. The Morgan fingerprint density at radius 3 is 2.41 bits per heavy atom. The van der Waals surface area contributed by atoms with Gasteiger partial charge in [0.05, 0.1) is 31.2 Å². The van der Waals surface area contributed by atoms with Crippen molar-refractivity contribution in [3.63, 3.8) is 0 Å². The van der Waals surface area contributed by atoms with Crippen LogP contribution >= 0.6 is 0 Å². The Morgan fingerprint density at radius 1 is 0.838 bits per heavy atom. The number of carbonyl (C=O) groups is 1. The summed E-state index contributed by atoms with van der Waals surface area (Å²) in [5, 5.41) is 3.04. The van der Waals surface area contributed by atoms with Crippen molar-refractivity contribution in [2.45, 2.75) is 51.5 Å². The molecule has 0 spiro atoms. The summed E-state index contributed by atoms with van der Waals surface area (Å²) in [5.74, 6) is 2.93. The van der Waals surface area contributed by atoms with Crippen molar-refractivity contribution >= 4 is 16.9 Å². The minimum absolute atomic E-state index is 0.0870. The molecule has 1 amide bonds. The van der Waals surface area contributed by atoms with E-state index in [-0.39, 0.29) is 5.91 Å². The Kier molecular flexibility index (Phi) is 9.99. The number of amides is 1. The zero-order valence-electron chi connectivity index (χ0n) is 21.7. The summed E-state index contributed by atoms with van der Waals surface area (Å²) in [6, 6.07) is 25.9. The standard InChI is InChI=1S/C31H37N3O3/c1-36-26-17-19-27(20-18-26)37-23-11-10-22-34-29-15-8-7-14-28(29)33-30(34)16-6-3-9-21-32-31(35)24-25-12-4-2-5-13-25/h2,4-5,7-8,12-15,17-20H,3,6,9-11,16,21-24H2,1H3,(H,32,35). The number of hydrogen-bond acceptors (Lipinski definition) is 4. The number of hydrogen-bond donors (Lipinski definition) is 1. The van der Waals surface area contributed by atoms with Crippen molar-refractivity contribution in [2.24, 2.45) is 0 Å². The molecule has 1 aromatic heterocycles. The van der Waals surface area contributed by atoms with E-state index < -0.39 is 0 Å². The van der Waals surface area contributed by atoms with Gasteiger partial charge in [-0.2, -0.15) is 0 Å². The molecule has 4 aromatic rings. The smallest absolute Gasteiger partial charge is 0.224 e. The van der Waals surface area contributed by atoms with Crippen LogP contribution in [0.4, 0.5) is 0 Å². The minimum Gasteiger partial charge on any atom is -0.497 e. The normalized spacial score (nSPS) is 10.9. The molecule has 0 aliphatic rings. The SMILES string of the molecule is COc1ccc(OCCCCn2c(CCCCCNC(=O)Cc3ccccc3)nc3ccccc32)cc1. The molecule has 37 heavy (non-hydrogen) atoms. The number of nitrogens with zero attached hydrogens (tertiary/aromatic N) is 2. The number of carbonyl (C=O) groups excluding carboxylic acids is 1. The molecule has 0 unspecified atom stereocenters. The fraction of sp³-hybridized carbons (Fsp3) is 0.355. The fourth-order valence-electron chi connectivity index (χ4n) is 4.46. The van der Waals surface area contributed by atoms with Gasteiger partial charge in [-0.1, -0.05) is 48.9 Å². The van der Waals surface area contributed by atoms with Crippen molar-refractivity contribution in [1.29, 1.82) is 0 Å². The van der Waals surface area contributed by atoms with Crippen LogP contribution in [-0.4, -0.2) is 35.7 Å². The first kappa shape index (κ1) is 26.3. The van der Waals surface area contributed by atoms with Gasteiger partial charge in [0, 0.05) is 19.5 Å². The van der Waals surface area contributed by atoms with E-state index in [1.54, 1.807) is 7.11 Å². The molecule has 0 fully saturated rings. The average molecular weight is 500 g/mol. The number of unbranched alkanes of at least 4 members (excludes halogenated alkanes) is 3. The van der Waals surface area contributed by atoms with E-state index in [4.69, 9.17) is 14.5 Å². The summed E-state index contributed by atoms with van der Waals surface area (Å²) in [5.41, 5.74) is 3.30. The zero-order chi connectivity index (χ0) is 25.7. The molecule has 0 radical (unpaired) electrons. The molecule has 4 rings (SSSR count). The second-order valence-electron chi connectivity index (χ2n) is 9.22. The van der Waals surface area contributed by atoms with Gasteiger partial charge in [-0.05, 0) is 67.6 Å². The number of imidazole rings is 1. The van der Waals surface area contributed by atoms with Gasteiger partial charge in [0.1, 0.15) is 17.3 Å². The van der Waals surface area contributed by atoms with E-state index in [2.05, 4.69) is 28.1 Å². The molecule has 0 saturated carbocycles. The summed E-state index contributed by atoms with van der Waals surface area (Å²) in [4.78, 5) is 17.0. The van der Waals surface area contributed by atoms with Crippen LogP contribution in [0.5, 0.6) is 11.5 Å². The third-order valence-electron chi connectivity index (χ3n) is 6.44. The Labute approximate surface area is 219 Å². The minimum atomic E-state index is 0.0870. The molecule has 6 nitrogen and oxygen atoms in total. The Morgan fingerprint density at radius 2 is 1.59 bits per heavy atom. The van der Waals surface area contributed by atoms with Gasteiger partial charge >= 0.3 is 0 Å². The second-order valence-corrected chi connectivity index (χ2v) is 9.22. The third kappa shape index (κ3) is 8.10. The van der Waals surface area contributed by atoms with Crippen molar-refractivity contribution in [1.82, 2.24) is 14.9 Å². The highest BCUT2D eigenvalue weighted by molar-refractivity contribution is 5.78. The van der Waals surface area contributed by atoms with Crippen LogP contribution < -0.4 is 14.8 Å². The quantitative estimate of drug-likeness (QED) is 0.205. The maximum absolute atomic E-state index is 12.1. The topological polar surface area (TPSA) is 65.4 Å². The van der Waals surface area contributed by atoms with Crippen LogP contribution in [-0.2, 0) is 24.2 Å². The van der Waals surface area contributed by atoms with Crippen LogP contribution in [0.2, 0.25) is 0 Å². The Bertz CT molecular complexity index is 1240. The Hall–Kier alpha value is -3.80. The summed E-state index contributed by atoms with van der Waals surface area (Å²) >= 11 is 0.